The number of aromatic nitrogens is 1. The quantitative estimate of drug-likeness (QED) is 0.709. The summed E-state index contributed by atoms with van der Waals surface area (Å²) >= 11 is 0. The third-order valence-corrected chi connectivity index (χ3v) is 4.16. The van der Waals surface area contributed by atoms with Crippen molar-refractivity contribution in [3.8, 4) is 34.8 Å². The number of nitrogen functional groups attached to an aromatic ring is 1. The van der Waals surface area contributed by atoms with Crippen LogP contribution in [0.3, 0.4) is 0 Å². The van der Waals surface area contributed by atoms with Crippen molar-refractivity contribution in [1.29, 1.82) is 10.5 Å². The standard InChI is InChI=1S/C21H16N4O3/c1-27-18-9-14(7-8-17(18)28-12-13-5-3-2-4-6-13)19-15(10-22)20(24)25-21(26)16(19)11-23/h2-9H,12H2,1H3,(H3,24,25,26). The molecule has 0 spiro atoms. The lowest BCUT2D eigenvalue weighted by Gasteiger charge is -2.14. The van der Waals surface area contributed by atoms with Crippen LogP contribution in [-0.4, -0.2) is 12.1 Å². The molecule has 1 aromatic heterocycles. The molecule has 0 aliphatic carbocycles. The van der Waals surface area contributed by atoms with Gasteiger partial charge in [-0.25, -0.2) is 0 Å². The van der Waals surface area contributed by atoms with E-state index in [1.807, 2.05) is 42.5 Å². The Morgan fingerprint density at radius 3 is 2.39 bits per heavy atom. The van der Waals surface area contributed by atoms with Crippen LogP contribution in [0.25, 0.3) is 11.1 Å². The van der Waals surface area contributed by atoms with Crippen LogP contribution in [0.1, 0.15) is 16.7 Å². The summed E-state index contributed by atoms with van der Waals surface area (Å²) < 4.78 is 11.2. The predicted molar refractivity (Wildman–Crippen MR) is 104 cm³/mol. The first-order valence-corrected chi connectivity index (χ1v) is 8.30. The molecule has 28 heavy (non-hydrogen) atoms. The summed E-state index contributed by atoms with van der Waals surface area (Å²) in [6, 6.07) is 18.4. The zero-order chi connectivity index (χ0) is 20.1. The van der Waals surface area contributed by atoms with Crippen molar-refractivity contribution >= 4 is 5.82 Å². The van der Waals surface area contributed by atoms with Gasteiger partial charge in [0.15, 0.2) is 11.5 Å². The van der Waals surface area contributed by atoms with Crippen LogP contribution in [-0.2, 0) is 6.61 Å². The first-order chi connectivity index (χ1) is 13.6. The highest BCUT2D eigenvalue weighted by Gasteiger charge is 2.19. The molecule has 0 fully saturated rings. The fraction of sp³-hybridized carbons (Fsp3) is 0.0952. The third-order valence-electron chi connectivity index (χ3n) is 4.16. The fourth-order valence-corrected chi connectivity index (χ4v) is 2.81. The van der Waals surface area contributed by atoms with Crippen LogP contribution in [0.4, 0.5) is 5.82 Å². The van der Waals surface area contributed by atoms with E-state index in [-0.39, 0.29) is 22.5 Å². The average molecular weight is 372 g/mol. The van der Waals surface area contributed by atoms with E-state index in [2.05, 4.69) is 4.98 Å². The number of nitrogens with two attached hydrogens (primary N) is 1. The van der Waals surface area contributed by atoms with Crippen LogP contribution >= 0.6 is 0 Å². The van der Waals surface area contributed by atoms with Gasteiger partial charge in [-0.1, -0.05) is 36.4 Å². The summed E-state index contributed by atoms with van der Waals surface area (Å²) in [7, 11) is 1.48. The van der Waals surface area contributed by atoms with Gasteiger partial charge in [-0.05, 0) is 23.3 Å². The SMILES string of the molecule is COc1cc(-c2c(C#N)c(N)[nH]c(=O)c2C#N)ccc1OCc1ccccc1. The second kappa shape index (κ2) is 7.98. The van der Waals surface area contributed by atoms with Gasteiger partial charge in [-0.3, -0.25) is 4.79 Å². The number of benzene rings is 2. The van der Waals surface area contributed by atoms with Crippen molar-refractivity contribution in [1.82, 2.24) is 4.98 Å². The van der Waals surface area contributed by atoms with E-state index in [1.54, 1.807) is 18.2 Å². The lowest BCUT2D eigenvalue weighted by Crippen LogP contribution is -2.16. The minimum Gasteiger partial charge on any atom is -0.493 e. The van der Waals surface area contributed by atoms with Crippen LogP contribution in [0.15, 0.2) is 53.3 Å². The smallest absolute Gasteiger partial charge is 0.268 e. The van der Waals surface area contributed by atoms with Gasteiger partial charge in [-0.15, -0.1) is 0 Å². The number of pyridine rings is 1. The number of ether oxygens (including phenoxy) is 2. The molecule has 0 radical (unpaired) electrons. The largest absolute Gasteiger partial charge is 0.493 e. The van der Waals surface area contributed by atoms with Crippen LogP contribution in [0.2, 0.25) is 0 Å². The lowest BCUT2D eigenvalue weighted by molar-refractivity contribution is 0.284. The van der Waals surface area contributed by atoms with Crippen molar-refractivity contribution in [3.05, 3.63) is 75.6 Å². The number of hydrogen-bond donors (Lipinski definition) is 2. The Hall–Kier alpha value is -4.23. The van der Waals surface area contributed by atoms with Crippen molar-refractivity contribution in [2.45, 2.75) is 6.61 Å². The van der Waals surface area contributed by atoms with E-state index in [1.165, 1.54) is 7.11 Å². The highest BCUT2D eigenvalue weighted by atomic mass is 16.5. The Morgan fingerprint density at radius 1 is 1.04 bits per heavy atom. The molecular weight excluding hydrogens is 356 g/mol. The van der Waals surface area contributed by atoms with Crippen molar-refractivity contribution < 1.29 is 9.47 Å². The average Bonchev–Trinajstić information content (AvgIpc) is 2.72. The van der Waals surface area contributed by atoms with E-state index in [0.29, 0.717) is 23.7 Å². The van der Waals surface area contributed by atoms with Gasteiger partial charge in [0.1, 0.15) is 35.7 Å². The molecule has 7 nitrogen and oxygen atoms in total. The second-order valence-electron chi connectivity index (χ2n) is 5.86. The molecule has 3 aromatic rings. The normalized spacial score (nSPS) is 9.96. The number of aromatic amines is 1. The molecule has 0 atom stereocenters. The van der Waals surface area contributed by atoms with Gasteiger partial charge in [-0.2, -0.15) is 10.5 Å². The summed E-state index contributed by atoms with van der Waals surface area (Å²) in [6.45, 7) is 0.349. The number of nitrogens with one attached hydrogen (secondary N) is 1. The summed E-state index contributed by atoms with van der Waals surface area (Å²) in [5.41, 5.74) is 6.56. The van der Waals surface area contributed by atoms with E-state index in [9.17, 15) is 15.3 Å². The summed E-state index contributed by atoms with van der Waals surface area (Å²) in [4.78, 5) is 14.4. The van der Waals surface area contributed by atoms with E-state index in [4.69, 9.17) is 15.2 Å². The van der Waals surface area contributed by atoms with Crippen molar-refractivity contribution in [2.24, 2.45) is 0 Å². The van der Waals surface area contributed by atoms with Gasteiger partial charge in [0.05, 0.1) is 7.11 Å². The highest BCUT2D eigenvalue weighted by Crippen LogP contribution is 2.35. The molecular formula is C21H16N4O3. The van der Waals surface area contributed by atoms with E-state index >= 15 is 0 Å². The highest BCUT2D eigenvalue weighted by molar-refractivity contribution is 5.81. The van der Waals surface area contributed by atoms with Crippen LogP contribution in [0.5, 0.6) is 11.5 Å². The molecule has 0 saturated heterocycles. The van der Waals surface area contributed by atoms with E-state index in [0.717, 1.165) is 5.56 Å². The fourth-order valence-electron chi connectivity index (χ4n) is 2.81. The van der Waals surface area contributed by atoms with Gasteiger partial charge >= 0.3 is 0 Å². The summed E-state index contributed by atoms with van der Waals surface area (Å²) in [6.07, 6.45) is 0. The Balaban J connectivity index is 2.05. The predicted octanol–water partition coefficient (Wildman–Crippen LogP) is 2.96. The second-order valence-corrected chi connectivity index (χ2v) is 5.86. The molecule has 0 saturated carbocycles. The Labute approximate surface area is 161 Å². The maximum Gasteiger partial charge on any atom is 0.268 e. The van der Waals surface area contributed by atoms with Crippen molar-refractivity contribution in [3.63, 3.8) is 0 Å². The number of rotatable bonds is 5. The van der Waals surface area contributed by atoms with Gasteiger partial charge in [0.2, 0.25) is 0 Å². The maximum absolute atomic E-state index is 12.1. The molecule has 0 amide bonds. The van der Waals surface area contributed by atoms with Crippen molar-refractivity contribution in [2.75, 3.05) is 12.8 Å². The number of H-pyrrole nitrogens is 1. The topological polar surface area (TPSA) is 125 Å². The molecule has 3 rings (SSSR count). The number of nitriles is 2. The Kier molecular flexibility index (Phi) is 5.29. The zero-order valence-electron chi connectivity index (χ0n) is 15.0. The summed E-state index contributed by atoms with van der Waals surface area (Å²) in [5.74, 6) is 0.801. The molecule has 0 aliphatic rings. The first kappa shape index (κ1) is 18.6. The number of methoxy groups -OCH3 is 1. The molecule has 1 heterocycles. The molecule has 0 bridgehead atoms. The lowest BCUT2D eigenvalue weighted by atomic mass is 9.96. The summed E-state index contributed by atoms with van der Waals surface area (Å²) in [5, 5.41) is 18.8. The maximum atomic E-state index is 12.1. The number of nitrogens with zero attached hydrogens (tertiary/aromatic N) is 2. The molecule has 138 valence electrons. The van der Waals surface area contributed by atoms with Crippen LogP contribution < -0.4 is 20.8 Å². The third kappa shape index (κ3) is 3.50. The van der Waals surface area contributed by atoms with Gasteiger partial charge in [0, 0.05) is 5.56 Å². The Bertz CT molecular complexity index is 1160. The minimum absolute atomic E-state index is 0.0242. The first-order valence-electron chi connectivity index (χ1n) is 8.30. The monoisotopic (exact) mass is 372 g/mol. The molecule has 7 heteroatoms. The molecule has 0 aliphatic heterocycles. The molecule has 3 N–H and O–H groups in total. The number of anilines is 1. The van der Waals surface area contributed by atoms with Gasteiger partial charge < -0.3 is 20.2 Å². The minimum atomic E-state index is -0.655. The molecule has 2 aromatic carbocycles. The van der Waals surface area contributed by atoms with Gasteiger partial charge in [0.25, 0.3) is 5.56 Å². The Morgan fingerprint density at radius 2 is 1.75 bits per heavy atom. The number of hydrogen-bond acceptors (Lipinski definition) is 6. The van der Waals surface area contributed by atoms with E-state index < -0.39 is 5.56 Å². The molecule has 0 unspecified atom stereocenters. The van der Waals surface area contributed by atoms with Crippen LogP contribution in [0, 0.1) is 22.7 Å². The zero-order valence-corrected chi connectivity index (χ0v) is 15.0.